The lowest BCUT2D eigenvalue weighted by molar-refractivity contribution is -0.167. The van der Waals surface area contributed by atoms with Crippen LogP contribution in [0.4, 0.5) is 0 Å². The largest absolute Gasteiger partial charge is 0.299 e. The molecule has 0 aromatic carbocycles. The maximum atomic E-state index is 14.0. The number of rotatable bonds is 5. The first kappa shape index (κ1) is 23.6. The van der Waals surface area contributed by atoms with Crippen LogP contribution in [0.3, 0.4) is 0 Å². The van der Waals surface area contributed by atoms with E-state index in [1.54, 1.807) is 5.57 Å². The molecule has 4 aliphatic carbocycles. The van der Waals surface area contributed by atoms with E-state index in [0.717, 1.165) is 24.2 Å². The topological polar surface area (TPSA) is 17.1 Å². The van der Waals surface area contributed by atoms with Gasteiger partial charge in [0, 0.05) is 12.3 Å². The predicted molar refractivity (Wildman–Crippen MR) is 132 cm³/mol. The van der Waals surface area contributed by atoms with Crippen LogP contribution in [-0.2, 0) is 4.79 Å². The Morgan fingerprint density at radius 3 is 2.32 bits per heavy atom. The number of carbonyl (C=O) groups is 1. The van der Waals surface area contributed by atoms with Crippen LogP contribution in [0.25, 0.3) is 0 Å². The normalized spacial score (nSPS) is 45.5. The molecule has 4 rings (SSSR count). The lowest BCUT2D eigenvalue weighted by Gasteiger charge is -2.62. The van der Waals surface area contributed by atoms with Gasteiger partial charge in [-0.2, -0.15) is 0 Å². The van der Waals surface area contributed by atoms with E-state index in [-0.39, 0.29) is 10.8 Å². The lowest BCUT2D eigenvalue weighted by Crippen LogP contribution is -2.59. The summed E-state index contributed by atoms with van der Waals surface area (Å²) in [5.74, 6) is 4.54. The van der Waals surface area contributed by atoms with E-state index < -0.39 is 0 Å². The highest BCUT2D eigenvalue weighted by Gasteiger charge is 2.68. The van der Waals surface area contributed by atoms with E-state index in [0.29, 0.717) is 29.0 Å². The second-order valence-electron chi connectivity index (χ2n) is 13.7. The summed E-state index contributed by atoms with van der Waals surface area (Å²) in [6.07, 6.45) is 12.7. The molecule has 31 heavy (non-hydrogen) atoms. The monoisotopic (exact) mass is 426 g/mol. The molecule has 4 aliphatic rings. The minimum atomic E-state index is 0.212. The fourth-order valence-electron chi connectivity index (χ4n) is 9.73. The fraction of sp³-hybridized carbons (Fsp3) is 0.900. The van der Waals surface area contributed by atoms with Crippen molar-refractivity contribution in [2.75, 3.05) is 0 Å². The standard InChI is InChI=1S/C30H50O/c1-19(2)10-9-11-21(5)23-15-17-29(7)25-13-12-24-22(20(3)4)14-16-28(24,6)27(25)26(31)18-30(23,29)8/h19,21,23-25,27H,9-18H2,1-8H3/t21-,23+,24+,25+,27+,28+,29-,30+/m0/s1. The highest BCUT2D eigenvalue weighted by molar-refractivity contribution is 5.85. The zero-order valence-corrected chi connectivity index (χ0v) is 21.9. The molecule has 0 unspecified atom stereocenters. The molecule has 8 atom stereocenters. The highest BCUT2D eigenvalue weighted by atomic mass is 16.1. The van der Waals surface area contributed by atoms with Gasteiger partial charge in [0.05, 0.1) is 0 Å². The zero-order chi connectivity index (χ0) is 22.8. The van der Waals surface area contributed by atoms with Crippen LogP contribution in [0.5, 0.6) is 0 Å². The number of Topliss-reactive ketones (excluding diaryl/α,β-unsaturated/α-hetero) is 1. The van der Waals surface area contributed by atoms with E-state index >= 15 is 0 Å². The Labute approximate surface area is 193 Å². The van der Waals surface area contributed by atoms with Crippen molar-refractivity contribution < 1.29 is 4.79 Å². The van der Waals surface area contributed by atoms with Crippen LogP contribution in [0.2, 0.25) is 0 Å². The number of fused-ring (bicyclic) bond motifs is 5. The molecule has 0 heterocycles. The van der Waals surface area contributed by atoms with Gasteiger partial charge < -0.3 is 0 Å². The summed E-state index contributed by atoms with van der Waals surface area (Å²) in [5.41, 5.74) is 4.02. The average molecular weight is 427 g/mol. The third-order valence-corrected chi connectivity index (χ3v) is 11.6. The van der Waals surface area contributed by atoms with Gasteiger partial charge in [-0.1, -0.05) is 72.0 Å². The third-order valence-electron chi connectivity index (χ3n) is 11.6. The van der Waals surface area contributed by atoms with Crippen LogP contribution in [0.15, 0.2) is 11.1 Å². The predicted octanol–water partition coefficient (Wildman–Crippen LogP) is 8.62. The van der Waals surface area contributed by atoms with Gasteiger partial charge in [0.1, 0.15) is 5.78 Å². The Morgan fingerprint density at radius 2 is 1.68 bits per heavy atom. The molecule has 0 amide bonds. The number of hydrogen-bond donors (Lipinski definition) is 0. The summed E-state index contributed by atoms with van der Waals surface area (Å²) >= 11 is 0. The molecule has 4 fully saturated rings. The Morgan fingerprint density at radius 1 is 0.968 bits per heavy atom. The van der Waals surface area contributed by atoms with E-state index in [1.165, 1.54) is 63.4 Å². The Hall–Kier alpha value is -0.590. The van der Waals surface area contributed by atoms with Crippen molar-refractivity contribution >= 4 is 5.78 Å². The highest BCUT2D eigenvalue weighted by Crippen LogP contribution is 2.73. The van der Waals surface area contributed by atoms with Crippen LogP contribution >= 0.6 is 0 Å². The van der Waals surface area contributed by atoms with Gasteiger partial charge in [0.25, 0.3) is 0 Å². The second-order valence-corrected chi connectivity index (χ2v) is 13.7. The second kappa shape index (κ2) is 8.02. The summed E-state index contributed by atoms with van der Waals surface area (Å²) in [5, 5.41) is 0. The molecule has 1 heteroatoms. The van der Waals surface area contributed by atoms with E-state index in [4.69, 9.17) is 0 Å². The first-order valence-electron chi connectivity index (χ1n) is 13.6. The van der Waals surface area contributed by atoms with Gasteiger partial charge >= 0.3 is 0 Å². The van der Waals surface area contributed by atoms with Crippen molar-refractivity contribution in [2.45, 2.75) is 120 Å². The van der Waals surface area contributed by atoms with Crippen molar-refractivity contribution in [3.63, 3.8) is 0 Å². The SMILES string of the molecule is CC(C)=C1CC[C@]2(C)[C@@H]1CC[C@@H]1[C@@H]2C(=O)C[C@]2(C)[C@@H]([C@@H](C)CCCC(C)C)CC[C@@]12C. The molecule has 0 aromatic heterocycles. The van der Waals surface area contributed by atoms with E-state index in [1.807, 2.05) is 0 Å². The average Bonchev–Trinajstić information content (AvgIpc) is 3.15. The van der Waals surface area contributed by atoms with Gasteiger partial charge in [-0.15, -0.1) is 0 Å². The molecule has 4 saturated carbocycles. The Balaban J connectivity index is 1.61. The van der Waals surface area contributed by atoms with Crippen LogP contribution in [-0.4, -0.2) is 5.78 Å². The fourth-order valence-corrected chi connectivity index (χ4v) is 9.73. The molecule has 0 N–H and O–H groups in total. The molecule has 176 valence electrons. The number of ketones is 1. The molecule has 0 bridgehead atoms. The van der Waals surface area contributed by atoms with E-state index in [9.17, 15) is 4.79 Å². The number of allylic oxidation sites excluding steroid dienone is 2. The first-order valence-corrected chi connectivity index (χ1v) is 13.6. The van der Waals surface area contributed by atoms with E-state index in [2.05, 4.69) is 55.4 Å². The Bertz CT molecular complexity index is 742. The number of carbonyl (C=O) groups excluding carboxylic acids is 1. The molecule has 0 radical (unpaired) electrons. The molecule has 0 aliphatic heterocycles. The smallest absolute Gasteiger partial charge is 0.137 e. The van der Waals surface area contributed by atoms with Crippen LogP contribution < -0.4 is 0 Å². The van der Waals surface area contributed by atoms with Crippen molar-refractivity contribution in [1.29, 1.82) is 0 Å². The molecule has 0 spiro atoms. The summed E-state index contributed by atoms with van der Waals surface area (Å²) in [6, 6.07) is 0. The quantitative estimate of drug-likeness (QED) is 0.402. The van der Waals surface area contributed by atoms with Gasteiger partial charge in [0.15, 0.2) is 0 Å². The van der Waals surface area contributed by atoms with Crippen LogP contribution in [0.1, 0.15) is 120 Å². The Kier molecular flexibility index (Phi) is 6.09. The van der Waals surface area contributed by atoms with Crippen LogP contribution in [0, 0.1) is 51.8 Å². The van der Waals surface area contributed by atoms with Crippen molar-refractivity contribution in [3.8, 4) is 0 Å². The molecule has 1 nitrogen and oxygen atoms in total. The maximum absolute atomic E-state index is 14.0. The number of hydrogen-bond acceptors (Lipinski definition) is 1. The van der Waals surface area contributed by atoms with Crippen molar-refractivity contribution in [3.05, 3.63) is 11.1 Å². The summed E-state index contributed by atoms with van der Waals surface area (Å²) in [6.45, 7) is 19.5. The summed E-state index contributed by atoms with van der Waals surface area (Å²) in [7, 11) is 0. The zero-order valence-electron chi connectivity index (χ0n) is 21.9. The first-order chi connectivity index (χ1) is 14.5. The molecular formula is C30H50O. The minimum absolute atomic E-state index is 0.212. The molecular weight excluding hydrogens is 376 g/mol. The maximum Gasteiger partial charge on any atom is 0.137 e. The van der Waals surface area contributed by atoms with Crippen molar-refractivity contribution in [1.82, 2.24) is 0 Å². The third kappa shape index (κ3) is 3.42. The van der Waals surface area contributed by atoms with Gasteiger partial charge in [-0.3, -0.25) is 4.79 Å². The minimum Gasteiger partial charge on any atom is -0.299 e. The van der Waals surface area contributed by atoms with Crippen molar-refractivity contribution in [2.24, 2.45) is 51.8 Å². The van der Waals surface area contributed by atoms with Gasteiger partial charge in [-0.05, 0) is 98.2 Å². The summed E-state index contributed by atoms with van der Waals surface area (Å²) < 4.78 is 0. The van der Waals surface area contributed by atoms with Gasteiger partial charge in [0.2, 0.25) is 0 Å². The van der Waals surface area contributed by atoms with Gasteiger partial charge in [-0.25, -0.2) is 0 Å². The summed E-state index contributed by atoms with van der Waals surface area (Å²) in [4.78, 5) is 14.0. The molecule has 0 aromatic rings. The molecule has 0 saturated heterocycles. The lowest BCUT2D eigenvalue weighted by atomic mass is 9.41.